The first-order valence-electron chi connectivity index (χ1n) is 17.9. The second-order valence-electron chi connectivity index (χ2n) is 13.5. The van der Waals surface area contributed by atoms with Crippen molar-refractivity contribution >= 4 is 23.2 Å². The summed E-state index contributed by atoms with van der Waals surface area (Å²) < 4.78 is 33.0. The molecule has 1 N–H and O–H groups in total. The summed E-state index contributed by atoms with van der Waals surface area (Å²) in [5.41, 5.74) is 7.85. The molecule has 0 aliphatic carbocycles. The highest BCUT2D eigenvalue weighted by atomic mass is 19.1. The fraction of sp³-hybridized carbons (Fsp3) is 0.156. The van der Waals surface area contributed by atoms with Crippen LogP contribution in [0.5, 0.6) is 0 Å². The van der Waals surface area contributed by atoms with E-state index in [-0.39, 0.29) is 23.4 Å². The van der Waals surface area contributed by atoms with Crippen molar-refractivity contribution in [1.29, 1.82) is 0 Å². The van der Waals surface area contributed by atoms with Gasteiger partial charge < -0.3 is 10.2 Å². The van der Waals surface area contributed by atoms with Crippen molar-refractivity contribution in [3.8, 4) is 36.1 Å². The molecule has 282 valence electrons. The molecule has 0 bridgehead atoms. The van der Waals surface area contributed by atoms with Crippen LogP contribution in [-0.4, -0.2) is 68.4 Å². The Bertz CT molecular complexity index is 2740. The van der Waals surface area contributed by atoms with Crippen molar-refractivity contribution in [3.63, 3.8) is 0 Å². The van der Waals surface area contributed by atoms with Gasteiger partial charge in [0.1, 0.15) is 24.3 Å². The van der Waals surface area contributed by atoms with Crippen LogP contribution in [0.25, 0.3) is 11.4 Å². The Balaban J connectivity index is 0.000000174. The molecule has 0 saturated carbocycles. The minimum Gasteiger partial charge on any atom is -0.354 e. The van der Waals surface area contributed by atoms with Gasteiger partial charge in [-0.25, -0.2) is 18.7 Å². The van der Waals surface area contributed by atoms with Crippen molar-refractivity contribution in [1.82, 2.24) is 29.3 Å². The molecule has 0 unspecified atom stereocenters. The van der Waals surface area contributed by atoms with Gasteiger partial charge in [0.2, 0.25) is 0 Å². The largest absolute Gasteiger partial charge is 0.354 e. The molecule has 8 rings (SSSR count). The summed E-state index contributed by atoms with van der Waals surface area (Å²) in [5, 5.41) is 2.60. The van der Waals surface area contributed by atoms with Gasteiger partial charge in [0.25, 0.3) is 11.8 Å². The predicted octanol–water partition coefficient (Wildman–Crippen LogP) is 6.87. The number of nitrogens with zero attached hydrogens (tertiary/aromatic N) is 7. The number of aromatic nitrogens is 4. The molecule has 12 heteroatoms. The van der Waals surface area contributed by atoms with Crippen molar-refractivity contribution in [2.75, 3.05) is 21.1 Å². The second-order valence-corrected chi connectivity index (χ2v) is 13.5. The quantitative estimate of drug-likeness (QED) is 0.198. The maximum atomic E-state index is 14.7. The van der Waals surface area contributed by atoms with Gasteiger partial charge in [-0.3, -0.25) is 28.7 Å². The molecule has 2 aromatic heterocycles. The topological polar surface area (TPSA) is 110 Å². The van der Waals surface area contributed by atoms with Crippen LogP contribution in [-0.2, 0) is 0 Å². The SMILES string of the molecule is C#Cc1ccc2c(c1)C(c1ccccc1F)=N[C@H](C)c1c(C(=O)N(C)C)ncn1-2.C#Cc1ccc2c(c1)C(c1ccccc1F)=N[C@H](C)c1c(C(=O)NC)ncn1-2. The number of benzene rings is 4. The second kappa shape index (κ2) is 15.4. The van der Waals surface area contributed by atoms with E-state index in [9.17, 15) is 18.4 Å². The van der Waals surface area contributed by atoms with Gasteiger partial charge >= 0.3 is 0 Å². The number of hydrogen-bond donors (Lipinski definition) is 1. The Morgan fingerprint density at radius 1 is 0.684 bits per heavy atom. The van der Waals surface area contributed by atoms with Gasteiger partial charge in [0.05, 0.1) is 46.3 Å². The molecule has 6 aromatic rings. The zero-order valence-corrected chi connectivity index (χ0v) is 31.7. The number of nitrogens with one attached hydrogen (secondary N) is 1. The molecule has 2 aliphatic rings. The van der Waals surface area contributed by atoms with E-state index in [4.69, 9.17) is 22.8 Å². The first kappa shape index (κ1) is 37.9. The first-order valence-corrected chi connectivity index (χ1v) is 17.9. The highest BCUT2D eigenvalue weighted by molar-refractivity contribution is 6.16. The molecule has 0 radical (unpaired) electrons. The highest BCUT2D eigenvalue weighted by Gasteiger charge is 2.31. The lowest BCUT2D eigenvalue weighted by molar-refractivity contribution is 0.0820. The van der Waals surface area contributed by atoms with E-state index in [2.05, 4.69) is 27.1 Å². The fourth-order valence-electron chi connectivity index (χ4n) is 7.00. The minimum absolute atomic E-state index is 0.211. The van der Waals surface area contributed by atoms with Crippen LogP contribution in [0.4, 0.5) is 8.78 Å². The third-order valence-electron chi connectivity index (χ3n) is 9.71. The van der Waals surface area contributed by atoms with Gasteiger partial charge in [-0.05, 0) is 74.5 Å². The maximum absolute atomic E-state index is 14.7. The highest BCUT2D eigenvalue weighted by Crippen LogP contribution is 2.35. The Hall–Kier alpha value is -7.44. The Morgan fingerprint density at radius 3 is 1.54 bits per heavy atom. The normalized spacial score (nSPS) is 14.9. The van der Waals surface area contributed by atoms with Gasteiger partial charge in [-0.15, -0.1) is 12.8 Å². The number of carbonyl (C=O) groups excluding carboxylic acids is 2. The zero-order chi connectivity index (χ0) is 40.5. The summed E-state index contributed by atoms with van der Waals surface area (Å²) in [6.07, 6.45) is 14.4. The lowest BCUT2D eigenvalue weighted by Gasteiger charge is -2.14. The number of aliphatic imine (C=N–C) groups is 2. The monoisotopic (exact) mass is 758 g/mol. The van der Waals surface area contributed by atoms with E-state index in [1.165, 1.54) is 17.0 Å². The molecule has 0 saturated heterocycles. The van der Waals surface area contributed by atoms with E-state index in [0.717, 1.165) is 11.4 Å². The summed E-state index contributed by atoms with van der Waals surface area (Å²) in [6, 6.07) is 23.1. The van der Waals surface area contributed by atoms with Gasteiger partial charge in [-0.2, -0.15) is 0 Å². The molecule has 2 atom stereocenters. The van der Waals surface area contributed by atoms with Crippen molar-refractivity contribution in [2.24, 2.45) is 9.98 Å². The molecular formula is C45H36F2N8O2. The smallest absolute Gasteiger partial charge is 0.273 e. The molecule has 2 amide bonds. The van der Waals surface area contributed by atoms with Crippen molar-refractivity contribution in [3.05, 3.63) is 165 Å². The predicted molar refractivity (Wildman–Crippen MR) is 215 cm³/mol. The molecule has 0 fully saturated rings. The molecular weight excluding hydrogens is 723 g/mol. The standard InChI is InChI=1S/C23H19FN4O.C22H17FN4O/c1-5-15-10-11-19-17(12-15)20(16-8-6-7-9-18(16)24)26-14(2)22-21(23(29)27(3)4)25-13-28(19)22;1-4-14-9-10-18-16(11-14)19(15-7-5-6-8-17(15)23)26-13(2)21-20(22(28)24-3)25-12-27(18)21/h1,6-14H,2-4H3;1,5-13H,2-3H3,(H,24,28)/t14-;13-/m11/s1. The van der Waals surface area contributed by atoms with Crippen LogP contribution in [0.1, 0.15) is 91.7 Å². The van der Waals surface area contributed by atoms with Gasteiger partial charge in [-0.1, -0.05) is 36.1 Å². The minimum atomic E-state index is -0.425. The summed E-state index contributed by atoms with van der Waals surface area (Å²) in [5.74, 6) is 3.98. The molecule has 4 aromatic carbocycles. The summed E-state index contributed by atoms with van der Waals surface area (Å²) in [7, 11) is 4.91. The van der Waals surface area contributed by atoms with E-state index < -0.39 is 12.1 Å². The van der Waals surface area contributed by atoms with Crippen LogP contribution in [0.2, 0.25) is 0 Å². The lowest BCUT2D eigenvalue weighted by atomic mass is 9.98. The Morgan fingerprint density at radius 2 is 1.12 bits per heavy atom. The number of terminal acetylenes is 2. The molecule has 2 aliphatic heterocycles. The summed E-state index contributed by atoms with van der Waals surface area (Å²) in [6.45, 7) is 3.73. The third kappa shape index (κ3) is 6.78. The Kier molecular flexibility index (Phi) is 10.2. The first-order chi connectivity index (χ1) is 27.5. The number of imidazole rings is 2. The van der Waals surface area contributed by atoms with Crippen LogP contribution < -0.4 is 5.32 Å². The lowest BCUT2D eigenvalue weighted by Crippen LogP contribution is -2.24. The molecule has 4 heterocycles. The number of rotatable bonds is 4. The van der Waals surface area contributed by atoms with E-state index in [1.54, 1.807) is 76.3 Å². The number of hydrogen-bond acceptors (Lipinski definition) is 6. The third-order valence-corrected chi connectivity index (χ3v) is 9.71. The maximum Gasteiger partial charge on any atom is 0.273 e. The molecule has 57 heavy (non-hydrogen) atoms. The van der Waals surface area contributed by atoms with E-state index >= 15 is 0 Å². The zero-order valence-electron chi connectivity index (χ0n) is 31.7. The van der Waals surface area contributed by atoms with Crippen LogP contribution in [0.3, 0.4) is 0 Å². The van der Waals surface area contributed by atoms with Crippen molar-refractivity contribution in [2.45, 2.75) is 25.9 Å². The number of carbonyl (C=O) groups is 2. The number of halogens is 2. The molecule has 0 spiro atoms. The van der Waals surface area contributed by atoms with E-state index in [0.29, 0.717) is 67.6 Å². The van der Waals surface area contributed by atoms with Crippen LogP contribution >= 0.6 is 0 Å². The van der Waals surface area contributed by atoms with Crippen LogP contribution in [0, 0.1) is 36.3 Å². The summed E-state index contributed by atoms with van der Waals surface area (Å²) in [4.78, 5) is 44.7. The average Bonchev–Trinajstić information content (AvgIpc) is 3.82. The van der Waals surface area contributed by atoms with E-state index in [1.807, 2.05) is 53.3 Å². The average molecular weight is 759 g/mol. The number of fused-ring (bicyclic) bond motifs is 6. The summed E-state index contributed by atoms with van der Waals surface area (Å²) >= 11 is 0. The molecule has 10 nitrogen and oxygen atoms in total. The fourth-order valence-corrected chi connectivity index (χ4v) is 7.00. The van der Waals surface area contributed by atoms with Gasteiger partial charge in [0.15, 0.2) is 11.4 Å². The van der Waals surface area contributed by atoms with Crippen LogP contribution in [0.15, 0.2) is 108 Å². The van der Waals surface area contributed by atoms with Gasteiger partial charge in [0, 0.05) is 54.5 Å². The number of amides is 2. The van der Waals surface area contributed by atoms with Crippen molar-refractivity contribution < 1.29 is 18.4 Å². The Labute approximate surface area is 328 Å².